The van der Waals surface area contributed by atoms with E-state index in [2.05, 4.69) is 10.6 Å². The maximum absolute atomic E-state index is 13.3. The molecule has 3 rings (SSSR count). The zero-order valence-corrected chi connectivity index (χ0v) is 19.0. The number of carboxylic acids is 1. The molecule has 1 saturated heterocycles. The SMILES string of the molecule is COc1ccc(S(=O)(=O)N2CCCC2)cc1NC(=S)N[C@H](CC(=O)O)c1ccc(F)cc1. The molecule has 0 amide bonds. The molecule has 1 atom stereocenters. The van der Waals surface area contributed by atoms with Gasteiger partial charge in [0.05, 0.1) is 30.2 Å². The highest BCUT2D eigenvalue weighted by Crippen LogP contribution is 2.30. The monoisotopic (exact) mass is 481 g/mol. The number of benzene rings is 2. The fourth-order valence-corrected chi connectivity index (χ4v) is 5.26. The second-order valence-corrected chi connectivity index (χ2v) is 9.62. The first-order chi connectivity index (χ1) is 15.2. The second kappa shape index (κ2) is 10.2. The van der Waals surface area contributed by atoms with Crippen LogP contribution in [0.4, 0.5) is 10.1 Å². The van der Waals surface area contributed by atoms with Crippen molar-refractivity contribution in [3.63, 3.8) is 0 Å². The minimum Gasteiger partial charge on any atom is -0.495 e. The first-order valence-electron chi connectivity index (χ1n) is 9.93. The third kappa shape index (κ3) is 5.72. The summed E-state index contributed by atoms with van der Waals surface area (Å²) < 4.78 is 45.8. The van der Waals surface area contributed by atoms with Gasteiger partial charge in [-0.05, 0) is 61.0 Å². The zero-order valence-electron chi connectivity index (χ0n) is 17.4. The van der Waals surface area contributed by atoms with E-state index >= 15 is 0 Å². The molecule has 2 aromatic carbocycles. The second-order valence-electron chi connectivity index (χ2n) is 7.27. The predicted octanol–water partition coefficient (Wildman–Crippen LogP) is 3.12. The first kappa shape index (κ1) is 23.9. The Kier molecular flexibility index (Phi) is 7.64. The number of aliphatic carboxylic acids is 1. The molecule has 1 aliphatic rings. The molecule has 32 heavy (non-hydrogen) atoms. The number of rotatable bonds is 8. The summed E-state index contributed by atoms with van der Waals surface area (Å²) in [6, 6.07) is 9.13. The molecule has 1 heterocycles. The van der Waals surface area contributed by atoms with Gasteiger partial charge in [0.15, 0.2) is 5.11 Å². The van der Waals surface area contributed by atoms with Crippen LogP contribution < -0.4 is 15.4 Å². The Labute approximate surface area is 191 Å². The quantitative estimate of drug-likeness (QED) is 0.494. The number of anilines is 1. The van der Waals surface area contributed by atoms with E-state index in [1.165, 1.54) is 53.9 Å². The van der Waals surface area contributed by atoms with Gasteiger partial charge in [0.1, 0.15) is 11.6 Å². The lowest BCUT2D eigenvalue weighted by Crippen LogP contribution is -2.34. The maximum atomic E-state index is 13.3. The Bertz CT molecular complexity index is 1090. The summed E-state index contributed by atoms with van der Waals surface area (Å²) in [5, 5.41) is 15.1. The van der Waals surface area contributed by atoms with Crippen molar-refractivity contribution in [1.82, 2.24) is 9.62 Å². The molecule has 3 N–H and O–H groups in total. The molecule has 0 bridgehead atoms. The van der Waals surface area contributed by atoms with Crippen LogP contribution in [-0.4, -0.2) is 49.1 Å². The summed E-state index contributed by atoms with van der Waals surface area (Å²) in [6.45, 7) is 0.956. The third-order valence-electron chi connectivity index (χ3n) is 5.08. The van der Waals surface area contributed by atoms with Crippen LogP contribution in [0.3, 0.4) is 0 Å². The molecule has 0 aromatic heterocycles. The van der Waals surface area contributed by atoms with Crippen LogP contribution in [0.15, 0.2) is 47.4 Å². The lowest BCUT2D eigenvalue weighted by Gasteiger charge is -2.21. The summed E-state index contributed by atoms with van der Waals surface area (Å²) in [5.74, 6) is -1.14. The van der Waals surface area contributed by atoms with Gasteiger partial charge in [0.25, 0.3) is 0 Å². The van der Waals surface area contributed by atoms with Crippen LogP contribution in [0.1, 0.15) is 30.9 Å². The average Bonchev–Trinajstić information content (AvgIpc) is 3.29. The van der Waals surface area contributed by atoms with Crippen molar-refractivity contribution in [1.29, 1.82) is 0 Å². The van der Waals surface area contributed by atoms with Crippen LogP contribution in [-0.2, 0) is 14.8 Å². The number of thiocarbonyl (C=S) groups is 1. The largest absolute Gasteiger partial charge is 0.495 e. The van der Waals surface area contributed by atoms with Gasteiger partial charge in [0, 0.05) is 13.1 Å². The van der Waals surface area contributed by atoms with Crippen LogP contribution in [0.2, 0.25) is 0 Å². The molecule has 0 saturated carbocycles. The lowest BCUT2D eigenvalue weighted by molar-refractivity contribution is -0.137. The number of ether oxygens (including phenoxy) is 1. The Hall–Kier alpha value is -2.76. The predicted molar refractivity (Wildman–Crippen MR) is 122 cm³/mol. The van der Waals surface area contributed by atoms with E-state index in [0.29, 0.717) is 30.1 Å². The average molecular weight is 482 g/mol. The molecule has 1 aliphatic heterocycles. The topological polar surface area (TPSA) is 108 Å². The molecular formula is C21H24FN3O5S2. The van der Waals surface area contributed by atoms with Crippen LogP contribution in [0.25, 0.3) is 0 Å². The van der Waals surface area contributed by atoms with Crippen molar-refractivity contribution in [2.45, 2.75) is 30.2 Å². The molecule has 8 nitrogen and oxygen atoms in total. The molecule has 0 radical (unpaired) electrons. The Morgan fingerprint density at radius 2 is 1.88 bits per heavy atom. The van der Waals surface area contributed by atoms with E-state index in [1.54, 1.807) is 0 Å². The van der Waals surface area contributed by atoms with Gasteiger partial charge in [0.2, 0.25) is 10.0 Å². The number of carbonyl (C=O) groups is 1. The zero-order chi connectivity index (χ0) is 23.3. The number of nitrogens with one attached hydrogen (secondary N) is 2. The van der Waals surface area contributed by atoms with Gasteiger partial charge in [-0.25, -0.2) is 12.8 Å². The van der Waals surface area contributed by atoms with E-state index in [-0.39, 0.29) is 16.4 Å². The summed E-state index contributed by atoms with van der Waals surface area (Å²) in [6.07, 6.45) is 1.35. The molecule has 0 unspecified atom stereocenters. The van der Waals surface area contributed by atoms with Gasteiger partial charge >= 0.3 is 5.97 Å². The number of hydrogen-bond acceptors (Lipinski definition) is 5. The number of hydrogen-bond donors (Lipinski definition) is 3. The van der Waals surface area contributed by atoms with Crippen LogP contribution in [0, 0.1) is 5.82 Å². The molecule has 0 spiro atoms. The standard InChI is InChI=1S/C21H24FN3O5S2/c1-30-19-9-8-16(32(28,29)25-10-2-3-11-25)12-18(19)24-21(31)23-17(13-20(26)27)14-4-6-15(22)7-5-14/h4-9,12,17H,2-3,10-11,13H2,1H3,(H,26,27)(H2,23,24,31)/t17-/m1/s1. The van der Waals surface area contributed by atoms with E-state index in [9.17, 15) is 22.7 Å². The van der Waals surface area contributed by atoms with E-state index < -0.39 is 27.9 Å². The third-order valence-corrected chi connectivity index (χ3v) is 7.19. The van der Waals surface area contributed by atoms with Crippen molar-refractivity contribution >= 4 is 39.0 Å². The van der Waals surface area contributed by atoms with Crippen LogP contribution >= 0.6 is 12.2 Å². The van der Waals surface area contributed by atoms with Gasteiger partial charge in [-0.3, -0.25) is 4.79 Å². The molecule has 1 fully saturated rings. The van der Waals surface area contributed by atoms with Gasteiger partial charge in [-0.1, -0.05) is 12.1 Å². The summed E-state index contributed by atoms with van der Waals surface area (Å²) in [5.41, 5.74) is 0.855. The number of nitrogens with zero attached hydrogens (tertiary/aromatic N) is 1. The first-order valence-corrected chi connectivity index (χ1v) is 11.8. The summed E-state index contributed by atoms with van der Waals surface area (Å²) in [7, 11) is -2.21. The van der Waals surface area contributed by atoms with E-state index in [1.807, 2.05) is 0 Å². The molecule has 172 valence electrons. The Morgan fingerprint density at radius 3 is 2.47 bits per heavy atom. The normalized spacial score (nSPS) is 15.2. The number of methoxy groups -OCH3 is 1. The van der Waals surface area contributed by atoms with Crippen molar-refractivity contribution in [2.75, 3.05) is 25.5 Å². The molecular weight excluding hydrogens is 457 g/mol. The minimum absolute atomic E-state index is 0.0644. The van der Waals surface area contributed by atoms with Crippen molar-refractivity contribution in [2.24, 2.45) is 0 Å². The van der Waals surface area contributed by atoms with Crippen molar-refractivity contribution in [3.05, 3.63) is 53.8 Å². The van der Waals surface area contributed by atoms with Crippen LogP contribution in [0.5, 0.6) is 5.75 Å². The summed E-state index contributed by atoms with van der Waals surface area (Å²) >= 11 is 5.34. The molecule has 11 heteroatoms. The smallest absolute Gasteiger partial charge is 0.305 e. The maximum Gasteiger partial charge on any atom is 0.305 e. The number of halogens is 1. The number of sulfonamides is 1. The highest BCUT2D eigenvalue weighted by molar-refractivity contribution is 7.89. The summed E-state index contributed by atoms with van der Waals surface area (Å²) in [4.78, 5) is 11.4. The molecule has 2 aromatic rings. The fraction of sp³-hybridized carbons (Fsp3) is 0.333. The fourth-order valence-electron chi connectivity index (χ4n) is 3.46. The lowest BCUT2D eigenvalue weighted by atomic mass is 10.0. The van der Waals surface area contributed by atoms with Gasteiger partial charge < -0.3 is 20.5 Å². The molecule has 0 aliphatic carbocycles. The van der Waals surface area contributed by atoms with Gasteiger partial charge in [-0.2, -0.15) is 4.31 Å². The van der Waals surface area contributed by atoms with Gasteiger partial charge in [-0.15, -0.1) is 0 Å². The highest BCUT2D eigenvalue weighted by Gasteiger charge is 2.28. The van der Waals surface area contributed by atoms with E-state index in [4.69, 9.17) is 17.0 Å². The highest BCUT2D eigenvalue weighted by atomic mass is 32.2. The van der Waals surface area contributed by atoms with Crippen molar-refractivity contribution < 1.29 is 27.4 Å². The minimum atomic E-state index is -3.65. The Balaban J connectivity index is 1.81. The number of carboxylic acid groups (broad SMARTS) is 1. The Morgan fingerprint density at radius 1 is 1.22 bits per heavy atom. The van der Waals surface area contributed by atoms with E-state index in [0.717, 1.165) is 12.8 Å². The van der Waals surface area contributed by atoms with Crippen molar-refractivity contribution in [3.8, 4) is 5.75 Å².